The van der Waals surface area contributed by atoms with Crippen LogP contribution in [0, 0.1) is 12.3 Å². The Labute approximate surface area is 77.2 Å². The monoisotopic (exact) mass is 181 g/mol. The third kappa shape index (κ3) is 2.36. The summed E-state index contributed by atoms with van der Waals surface area (Å²) in [6.07, 6.45) is 11.5. The molecule has 1 fully saturated rings. The first-order valence-electron chi connectivity index (χ1n) is 4.65. The largest absolute Gasteiger partial charge is 0.401 e. The normalized spacial score (nSPS) is 22.2. The molecule has 1 nitrogen and oxygen atoms in total. The van der Waals surface area contributed by atoms with Crippen LogP contribution >= 0.6 is 0 Å². The Kier molecular flexibility index (Phi) is 3.36. The van der Waals surface area contributed by atoms with Crippen molar-refractivity contribution in [3.8, 4) is 12.3 Å². The molecular weight excluding hydrogens is 164 g/mol. The molecule has 0 heterocycles. The molecule has 0 atom stereocenters. The maximum absolute atomic E-state index is 5.89. The van der Waals surface area contributed by atoms with Crippen LogP contribution in [0.15, 0.2) is 0 Å². The minimum Gasteiger partial charge on any atom is -0.401 e. The summed E-state index contributed by atoms with van der Waals surface area (Å²) >= 11 is 0. The first-order chi connectivity index (χ1) is 5.68. The summed E-state index contributed by atoms with van der Waals surface area (Å²) in [6.45, 7) is 4.30. The fourth-order valence-corrected chi connectivity index (χ4v) is 2.83. The number of hydrogen-bond acceptors (Lipinski definition) is 1. The van der Waals surface area contributed by atoms with Gasteiger partial charge in [-0.3, -0.25) is 0 Å². The smallest absolute Gasteiger partial charge is 0.207 e. The molecule has 0 spiro atoms. The van der Waals surface area contributed by atoms with Crippen LogP contribution in [0.4, 0.5) is 0 Å². The van der Waals surface area contributed by atoms with E-state index in [4.69, 9.17) is 10.8 Å². The molecule has 1 aliphatic carbocycles. The van der Waals surface area contributed by atoms with Gasteiger partial charge in [-0.15, -0.1) is 6.42 Å². The van der Waals surface area contributed by atoms with Crippen molar-refractivity contribution in [3.63, 3.8) is 0 Å². The van der Waals surface area contributed by atoms with Crippen LogP contribution in [-0.2, 0) is 4.43 Å². The van der Waals surface area contributed by atoms with Gasteiger partial charge in [-0.2, -0.15) is 0 Å². The Morgan fingerprint density at radius 2 is 1.83 bits per heavy atom. The third-order valence-electron chi connectivity index (χ3n) is 2.32. The zero-order valence-corrected chi connectivity index (χ0v) is 9.02. The molecule has 0 aromatic rings. The molecule has 67 valence electrons. The Balaban J connectivity index is 2.55. The van der Waals surface area contributed by atoms with E-state index in [2.05, 4.69) is 19.0 Å². The first-order valence-corrected chi connectivity index (χ1v) is 7.06. The van der Waals surface area contributed by atoms with Crippen molar-refractivity contribution in [1.82, 2.24) is 0 Å². The van der Waals surface area contributed by atoms with Crippen LogP contribution in [0.1, 0.15) is 32.1 Å². The summed E-state index contributed by atoms with van der Waals surface area (Å²) < 4.78 is 5.89. The second-order valence-corrected chi connectivity index (χ2v) is 5.73. The van der Waals surface area contributed by atoms with E-state index in [0.717, 1.165) is 12.8 Å². The van der Waals surface area contributed by atoms with E-state index in [0.29, 0.717) is 0 Å². The van der Waals surface area contributed by atoms with Crippen molar-refractivity contribution in [2.45, 2.75) is 50.8 Å². The van der Waals surface area contributed by atoms with Crippen LogP contribution in [0.25, 0.3) is 0 Å². The van der Waals surface area contributed by atoms with E-state index in [-0.39, 0.29) is 5.60 Å². The van der Waals surface area contributed by atoms with Crippen LogP contribution in [0.3, 0.4) is 0 Å². The molecule has 0 saturated heterocycles. The number of hydrogen-bond donors (Lipinski definition) is 0. The van der Waals surface area contributed by atoms with Crippen molar-refractivity contribution in [2.24, 2.45) is 0 Å². The van der Waals surface area contributed by atoms with E-state index >= 15 is 0 Å². The lowest BCUT2D eigenvalue weighted by Crippen LogP contribution is -2.37. The molecule has 1 radical (unpaired) electrons. The molecule has 0 aromatic heterocycles. The van der Waals surface area contributed by atoms with Crippen molar-refractivity contribution >= 4 is 9.04 Å². The number of rotatable bonds is 2. The fraction of sp³-hybridized carbons (Fsp3) is 0.800. The lowest BCUT2D eigenvalue weighted by Gasteiger charge is -2.34. The molecule has 0 aromatic carbocycles. The highest BCUT2D eigenvalue weighted by atomic mass is 28.3. The van der Waals surface area contributed by atoms with Gasteiger partial charge in [0.05, 0.1) is 0 Å². The van der Waals surface area contributed by atoms with E-state index < -0.39 is 9.04 Å². The molecule has 2 heteroatoms. The van der Waals surface area contributed by atoms with E-state index in [1.807, 2.05) is 0 Å². The lowest BCUT2D eigenvalue weighted by molar-refractivity contribution is 0.0871. The van der Waals surface area contributed by atoms with Crippen molar-refractivity contribution in [2.75, 3.05) is 0 Å². The molecule has 0 amide bonds. The van der Waals surface area contributed by atoms with Gasteiger partial charge in [0.25, 0.3) is 0 Å². The van der Waals surface area contributed by atoms with Gasteiger partial charge in [-0.25, -0.2) is 0 Å². The van der Waals surface area contributed by atoms with Gasteiger partial charge in [0.1, 0.15) is 5.60 Å². The summed E-state index contributed by atoms with van der Waals surface area (Å²) in [7, 11) is -0.646. The van der Waals surface area contributed by atoms with Crippen LogP contribution in [0.5, 0.6) is 0 Å². The average Bonchev–Trinajstić information content (AvgIpc) is 2.05. The first kappa shape index (κ1) is 9.82. The van der Waals surface area contributed by atoms with Crippen LogP contribution < -0.4 is 0 Å². The summed E-state index contributed by atoms with van der Waals surface area (Å²) in [5.74, 6) is 2.85. The van der Waals surface area contributed by atoms with Crippen molar-refractivity contribution in [1.29, 1.82) is 0 Å². The standard InChI is InChI=1S/C10H17OSi/c1-4-10(11-12(2)3)8-6-5-7-9-10/h1H,5-9H2,2-3H3. The molecule has 0 aliphatic heterocycles. The third-order valence-corrected chi connectivity index (χ3v) is 3.12. The second-order valence-electron chi connectivity index (χ2n) is 3.71. The van der Waals surface area contributed by atoms with Gasteiger partial charge < -0.3 is 4.43 Å². The molecule has 0 unspecified atom stereocenters. The average molecular weight is 181 g/mol. The molecule has 1 rings (SSSR count). The maximum Gasteiger partial charge on any atom is 0.207 e. The Morgan fingerprint density at radius 1 is 1.25 bits per heavy atom. The van der Waals surface area contributed by atoms with E-state index in [1.54, 1.807) is 0 Å². The van der Waals surface area contributed by atoms with Gasteiger partial charge in [0, 0.05) is 0 Å². The van der Waals surface area contributed by atoms with Crippen LogP contribution in [0.2, 0.25) is 13.1 Å². The molecule has 0 bridgehead atoms. The van der Waals surface area contributed by atoms with E-state index in [9.17, 15) is 0 Å². The lowest BCUT2D eigenvalue weighted by atomic mass is 9.86. The van der Waals surface area contributed by atoms with Gasteiger partial charge in [0.15, 0.2) is 0 Å². The minimum absolute atomic E-state index is 0.184. The minimum atomic E-state index is -0.646. The number of terminal acetylenes is 1. The molecule has 1 saturated carbocycles. The highest BCUT2D eigenvalue weighted by Crippen LogP contribution is 2.31. The highest BCUT2D eigenvalue weighted by molar-refractivity contribution is 6.48. The second kappa shape index (κ2) is 4.11. The van der Waals surface area contributed by atoms with Crippen LogP contribution in [-0.4, -0.2) is 14.6 Å². The zero-order valence-electron chi connectivity index (χ0n) is 8.02. The van der Waals surface area contributed by atoms with Gasteiger partial charge in [0.2, 0.25) is 9.04 Å². The topological polar surface area (TPSA) is 9.23 Å². The predicted molar refractivity (Wildman–Crippen MR) is 53.2 cm³/mol. The van der Waals surface area contributed by atoms with Crippen molar-refractivity contribution < 1.29 is 4.43 Å². The van der Waals surface area contributed by atoms with Gasteiger partial charge in [-0.1, -0.05) is 12.3 Å². The Hall–Kier alpha value is -0.263. The summed E-state index contributed by atoms with van der Waals surface area (Å²) in [6, 6.07) is 0. The zero-order chi connectivity index (χ0) is 9.03. The summed E-state index contributed by atoms with van der Waals surface area (Å²) in [4.78, 5) is 0. The SMILES string of the molecule is C#CC1(O[Si](C)C)CCCCC1. The van der Waals surface area contributed by atoms with Gasteiger partial charge >= 0.3 is 0 Å². The predicted octanol–water partition coefficient (Wildman–Crippen LogP) is 2.59. The van der Waals surface area contributed by atoms with Crippen molar-refractivity contribution in [3.05, 3.63) is 0 Å². The molecule has 12 heavy (non-hydrogen) atoms. The fourth-order valence-electron chi connectivity index (χ4n) is 1.79. The summed E-state index contributed by atoms with van der Waals surface area (Å²) in [5, 5.41) is 0. The Bertz CT molecular complexity index is 175. The molecule has 0 N–H and O–H groups in total. The highest BCUT2D eigenvalue weighted by Gasteiger charge is 2.31. The summed E-state index contributed by atoms with van der Waals surface area (Å²) in [5.41, 5.74) is -0.184. The Morgan fingerprint density at radius 3 is 2.25 bits per heavy atom. The maximum atomic E-state index is 5.89. The molecule has 1 aliphatic rings. The van der Waals surface area contributed by atoms with E-state index in [1.165, 1.54) is 19.3 Å². The molecular formula is C10H17OSi. The quantitative estimate of drug-likeness (QED) is 0.470. The van der Waals surface area contributed by atoms with Gasteiger partial charge in [-0.05, 0) is 38.8 Å².